The molecule has 4 heteroatoms. The van der Waals surface area contributed by atoms with Crippen molar-refractivity contribution in [1.29, 1.82) is 0 Å². The van der Waals surface area contributed by atoms with E-state index in [9.17, 15) is 9.59 Å². The largest absolute Gasteiger partial charge is 0.324 e. The van der Waals surface area contributed by atoms with Gasteiger partial charge in [-0.3, -0.25) is 9.59 Å². The van der Waals surface area contributed by atoms with Gasteiger partial charge in [-0.25, -0.2) is 0 Å². The van der Waals surface area contributed by atoms with Gasteiger partial charge in [0, 0.05) is 11.3 Å². The van der Waals surface area contributed by atoms with Crippen LogP contribution in [0, 0.1) is 13.8 Å². The third-order valence-electron chi connectivity index (χ3n) is 5.27. The number of benzene rings is 3. The van der Waals surface area contributed by atoms with Crippen molar-refractivity contribution in [3.05, 3.63) is 101 Å². The molecule has 2 amide bonds. The first kappa shape index (κ1) is 18.9. The molecule has 0 fully saturated rings. The average molecular weight is 384 g/mol. The zero-order valence-electron chi connectivity index (χ0n) is 16.7. The molecule has 29 heavy (non-hydrogen) atoms. The predicted molar refractivity (Wildman–Crippen MR) is 115 cm³/mol. The van der Waals surface area contributed by atoms with Crippen LogP contribution in [0.25, 0.3) is 0 Å². The van der Waals surface area contributed by atoms with Crippen molar-refractivity contribution in [2.24, 2.45) is 0 Å². The van der Waals surface area contributed by atoms with Crippen molar-refractivity contribution in [2.45, 2.75) is 26.3 Å². The van der Waals surface area contributed by atoms with Crippen molar-refractivity contribution in [3.63, 3.8) is 0 Å². The molecule has 0 aliphatic carbocycles. The lowest BCUT2D eigenvalue weighted by Gasteiger charge is -2.31. The molecular weight excluding hydrogens is 360 g/mol. The first-order chi connectivity index (χ1) is 14.0. The maximum Gasteiger partial charge on any atom is 0.244 e. The fourth-order valence-corrected chi connectivity index (χ4v) is 3.95. The van der Waals surface area contributed by atoms with Crippen molar-refractivity contribution in [2.75, 3.05) is 11.9 Å². The van der Waals surface area contributed by atoms with E-state index in [4.69, 9.17) is 0 Å². The van der Waals surface area contributed by atoms with Crippen LogP contribution in [0.5, 0.6) is 0 Å². The van der Waals surface area contributed by atoms with Gasteiger partial charge in [-0.1, -0.05) is 77.9 Å². The lowest BCUT2D eigenvalue weighted by Crippen LogP contribution is -2.39. The van der Waals surface area contributed by atoms with E-state index in [0.29, 0.717) is 0 Å². The van der Waals surface area contributed by atoms with Crippen LogP contribution >= 0.6 is 0 Å². The number of amides is 2. The molecule has 0 saturated heterocycles. The highest BCUT2D eigenvalue weighted by molar-refractivity contribution is 5.97. The molecular formula is C25H24N2O2. The van der Waals surface area contributed by atoms with Gasteiger partial charge in [-0.2, -0.15) is 0 Å². The minimum absolute atomic E-state index is 0.0257. The van der Waals surface area contributed by atoms with Crippen molar-refractivity contribution < 1.29 is 9.59 Å². The summed E-state index contributed by atoms with van der Waals surface area (Å²) in [6, 6.07) is 23.5. The Balaban J connectivity index is 1.79. The molecule has 0 saturated carbocycles. The highest BCUT2D eigenvalue weighted by Crippen LogP contribution is 2.36. The fourth-order valence-electron chi connectivity index (χ4n) is 3.95. The van der Waals surface area contributed by atoms with Crippen LogP contribution in [0.1, 0.15) is 33.9 Å². The number of hydrogen-bond donors (Lipinski definition) is 1. The Morgan fingerprint density at radius 2 is 1.72 bits per heavy atom. The van der Waals surface area contributed by atoms with Crippen LogP contribution < -0.4 is 5.32 Å². The SMILES string of the molecule is Cc1cccc(CC(=O)N2CC(=O)Nc3ccc(C)cc3[C@H]2c2ccccc2)c1. The van der Waals surface area contributed by atoms with Gasteiger partial charge in [0.15, 0.2) is 0 Å². The molecule has 1 aliphatic rings. The zero-order valence-corrected chi connectivity index (χ0v) is 16.7. The molecule has 146 valence electrons. The molecule has 1 heterocycles. The number of anilines is 1. The van der Waals surface area contributed by atoms with Crippen molar-refractivity contribution in [3.8, 4) is 0 Å². The normalized spacial score (nSPS) is 16.0. The van der Waals surface area contributed by atoms with Crippen LogP contribution in [-0.4, -0.2) is 23.3 Å². The van der Waals surface area contributed by atoms with Crippen LogP contribution in [0.2, 0.25) is 0 Å². The highest BCUT2D eigenvalue weighted by Gasteiger charge is 2.33. The summed E-state index contributed by atoms with van der Waals surface area (Å²) in [5, 5.41) is 2.97. The molecule has 0 spiro atoms. The monoisotopic (exact) mass is 384 g/mol. The number of nitrogens with one attached hydrogen (secondary N) is 1. The van der Waals surface area contributed by atoms with E-state index in [1.165, 1.54) is 0 Å². The van der Waals surface area contributed by atoms with Gasteiger partial charge in [0.25, 0.3) is 0 Å². The first-order valence-electron chi connectivity index (χ1n) is 9.81. The summed E-state index contributed by atoms with van der Waals surface area (Å²) >= 11 is 0. The van der Waals surface area contributed by atoms with Gasteiger partial charge in [0.2, 0.25) is 11.8 Å². The molecule has 1 aliphatic heterocycles. The highest BCUT2D eigenvalue weighted by atomic mass is 16.2. The van der Waals surface area contributed by atoms with Gasteiger partial charge in [-0.15, -0.1) is 0 Å². The van der Waals surface area contributed by atoms with Crippen molar-refractivity contribution >= 4 is 17.5 Å². The van der Waals surface area contributed by atoms with Gasteiger partial charge < -0.3 is 10.2 Å². The number of carbonyl (C=O) groups is 2. The third-order valence-corrected chi connectivity index (χ3v) is 5.27. The second-order valence-corrected chi connectivity index (χ2v) is 7.64. The Bertz CT molecular complexity index is 1060. The first-order valence-corrected chi connectivity index (χ1v) is 9.81. The van der Waals surface area contributed by atoms with E-state index >= 15 is 0 Å². The Morgan fingerprint density at radius 3 is 2.48 bits per heavy atom. The number of aryl methyl sites for hydroxylation is 2. The van der Waals surface area contributed by atoms with Crippen molar-refractivity contribution in [1.82, 2.24) is 4.90 Å². The van der Waals surface area contributed by atoms with Gasteiger partial charge in [-0.05, 0) is 31.0 Å². The molecule has 0 radical (unpaired) electrons. The third kappa shape index (κ3) is 4.06. The summed E-state index contributed by atoms with van der Waals surface area (Å²) in [5.41, 5.74) is 5.86. The molecule has 0 bridgehead atoms. The summed E-state index contributed by atoms with van der Waals surface area (Å²) in [5.74, 6) is -0.236. The fraction of sp³-hybridized carbons (Fsp3) is 0.200. The summed E-state index contributed by atoms with van der Waals surface area (Å²) in [7, 11) is 0. The van der Waals surface area contributed by atoms with Crippen LogP contribution in [-0.2, 0) is 16.0 Å². The maximum atomic E-state index is 13.4. The zero-order chi connectivity index (χ0) is 20.4. The number of nitrogens with zero attached hydrogens (tertiary/aromatic N) is 1. The molecule has 3 aromatic carbocycles. The Kier molecular flexibility index (Phi) is 5.17. The second-order valence-electron chi connectivity index (χ2n) is 7.64. The Morgan fingerprint density at radius 1 is 0.966 bits per heavy atom. The summed E-state index contributed by atoms with van der Waals surface area (Å²) in [6.45, 7) is 4.06. The average Bonchev–Trinajstić information content (AvgIpc) is 2.84. The molecule has 0 aromatic heterocycles. The Hall–Kier alpha value is -3.40. The topological polar surface area (TPSA) is 49.4 Å². The molecule has 4 nitrogen and oxygen atoms in total. The molecule has 4 rings (SSSR count). The Labute approximate surface area is 171 Å². The van der Waals surface area contributed by atoms with E-state index in [1.54, 1.807) is 4.90 Å². The van der Waals surface area contributed by atoms with E-state index in [0.717, 1.165) is 33.5 Å². The maximum absolute atomic E-state index is 13.4. The lowest BCUT2D eigenvalue weighted by atomic mass is 9.94. The molecule has 1 N–H and O–H groups in total. The van der Waals surface area contributed by atoms with Crippen LogP contribution in [0.4, 0.5) is 5.69 Å². The van der Waals surface area contributed by atoms with Crippen LogP contribution in [0.3, 0.4) is 0 Å². The van der Waals surface area contributed by atoms with E-state index in [2.05, 4.69) is 11.4 Å². The molecule has 0 unspecified atom stereocenters. The lowest BCUT2D eigenvalue weighted by molar-refractivity contribution is -0.135. The number of fused-ring (bicyclic) bond motifs is 1. The molecule has 1 atom stereocenters. The predicted octanol–water partition coefficient (Wildman–Crippen LogP) is 4.42. The number of rotatable bonds is 3. The standard InChI is InChI=1S/C25H24N2O2/c1-17-7-6-8-19(13-17)15-24(29)27-16-23(28)26-22-12-11-18(2)14-21(22)25(27)20-9-4-3-5-10-20/h3-14,25H,15-16H2,1-2H3,(H,26,28)/t25-/m1/s1. The minimum Gasteiger partial charge on any atom is -0.324 e. The minimum atomic E-state index is -0.317. The van der Waals surface area contributed by atoms with E-state index in [1.807, 2.05) is 80.6 Å². The second kappa shape index (κ2) is 7.92. The smallest absolute Gasteiger partial charge is 0.244 e. The van der Waals surface area contributed by atoms with Gasteiger partial charge in [0.1, 0.15) is 6.54 Å². The van der Waals surface area contributed by atoms with Crippen LogP contribution in [0.15, 0.2) is 72.8 Å². The summed E-state index contributed by atoms with van der Waals surface area (Å²) in [6.07, 6.45) is 0.263. The number of carbonyl (C=O) groups excluding carboxylic acids is 2. The van der Waals surface area contributed by atoms with E-state index < -0.39 is 0 Å². The molecule has 3 aromatic rings. The quantitative estimate of drug-likeness (QED) is 0.727. The van der Waals surface area contributed by atoms with E-state index in [-0.39, 0.29) is 30.8 Å². The van der Waals surface area contributed by atoms with Gasteiger partial charge in [0.05, 0.1) is 12.5 Å². The van der Waals surface area contributed by atoms with Gasteiger partial charge >= 0.3 is 0 Å². The summed E-state index contributed by atoms with van der Waals surface area (Å²) < 4.78 is 0. The number of hydrogen-bond acceptors (Lipinski definition) is 2. The summed E-state index contributed by atoms with van der Waals surface area (Å²) in [4.78, 5) is 27.7.